The van der Waals surface area contributed by atoms with Crippen LogP contribution in [0, 0.1) is 0 Å². The van der Waals surface area contributed by atoms with Crippen molar-refractivity contribution >= 4 is 57.8 Å². The molecule has 0 bridgehead atoms. The van der Waals surface area contributed by atoms with Crippen LogP contribution in [-0.4, -0.2) is 15.2 Å². The molecule has 9 heteroatoms. The van der Waals surface area contributed by atoms with Crippen LogP contribution in [0.15, 0.2) is 77.3 Å². The molecule has 0 unspecified atom stereocenters. The van der Waals surface area contributed by atoms with Gasteiger partial charge in [0.2, 0.25) is 0 Å². The summed E-state index contributed by atoms with van der Waals surface area (Å²) in [4.78, 5) is 6.31. The number of halogens is 3. The first-order valence-corrected chi connectivity index (χ1v) is 11.5. The molecular formula is C24H16Cl3N3O2S. The van der Waals surface area contributed by atoms with Gasteiger partial charge < -0.3 is 19.7 Å². The van der Waals surface area contributed by atoms with E-state index in [0.717, 1.165) is 5.69 Å². The average Bonchev–Trinajstić information content (AvgIpc) is 3.40. The van der Waals surface area contributed by atoms with Gasteiger partial charge in [0.05, 0.1) is 22.4 Å². The molecule has 1 fully saturated rings. The number of benzene rings is 2. The van der Waals surface area contributed by atoms with Gasteiger partial charge in [-0.05, 0) is 72.9 Å². The summed E-state index contributed by atoms with van der Waals surface area (Å²) < 4.78 is 6.29. The highest BCUT2D eigenvalue weighted by molar-refractivity contribution is 7.80. The molecule has 5 rings (SSSR count). The Morgan fingerprint density at radius 1 is 0.970 bits per heavy atom. The van der Waals surface area contributed by atoms with Crippen molar-refractivity contribution in [3.63, 3.8) is 0 Å². The summed E-state index contributed by atoms with van der Waals surface area (Å²) in [5.41, 5.74) is 1.95. The number of hydrogen-bond donors (Lipinski definition) is 2. The zero-order valence-corrected chi connectivity index (χ0v) is 20.0. The molecule has 33 heavy (non-hydrogen) atoms. The van der Waals surface area contributed by atoms with E-state index in [4.69, 9.17) is 51.4 Å². The smallest absolute Gasteiger partial charge is 0.174 e. The Kier molecular flexibility index (Phi) is 5.93. The number of pyridine rings is 1. The van der Waals surface area contributed by atoms with Gasteiger partial charge in [0, 0.05) is 21.8 Å². The number of nitrogens with zero attached hydrogens (tertiary/aromatic N) is 2. The highest BCUT2D eigenvalue weighted by Gasteiger charge is 2.43. The maximum atomic E-state index is 10.6. The molecule has 2 atom stereocenters. The second kappa shape index (κ2) is 8.88. The van der Waals surface area contributed by atoms with Gasteiger partial charge in [0.1, 0.15) is 23.3 Å². The number of nitrogens with one attached hydrogen (secondary N) is 1. The van der Waals surface area contributed by atoms with E-state index in [1.807, 2.05) is 36.4 Å². The standard InChI is InChI=1S/C24H16Cl3N3O2S/c25-13-4-6-15(16(27)11-13)20-8-9-21(32-20)23-22(17-3-1-2-10-28-17)29-24(33)30(23)18-12-14(26)5-7-19(18)31/h1-12,22-23,31H,(H,29,33)/t22-,23-/m0/s1. The predicted octanol–water partition coefficient (Wildman–Crippen LogP) is 7.18. The molecule has 0 amide bonds. The molecule has 5 nitrogen and oxygen atoms in total. The minimum absolute atomic E-state index is 0.0442. The summed E-state index contributed by atoms with van der Waals surface area (Å²) in [6.45, 7) is 0. The Morgan fingerprint density at radius 2 is 1.76 bits per heavy atom. The molecule has 0 spiro atoms. The monoisotopic (exact) mass is 515 g/mol. The third kappa shape index (κ3) is 4.15. The summed E-state index contributed by atoms with van der Waals surface area (Å²) in [6, 6.07) is 18.6. The quantitative estimate of drug-likeness (QED) is 0.280. The molecule has 166 valence electrons. The maximum Gasteiger partial charge on any atom is 0.174 e. The van der Waals surface area contributed by atoms with Gasteiger partial charge in [-0.15, -0.1) is 0 Å². The van der Waals surface area contributed by atoms with Crippen molar-refractivity contribution in [2.75, 3.05) is 4.90 Å². The minimum Gasteiger partial charge on any atom is -0.506 e. The van der Waals surface area contributed by atoms with Crippen molar-refractivity contribution in [2.45, 2.75) is 12.1 Å². The van der Waals surface area contributed by atoms with Crippen molar-refractivity contribution in [2.24, 2.45) is 0 Å². The van der Waals surface area contributed by atoms with E-state index in [1.54, 1.807) is 35.4 Å². The van der Waals surface area contributed by atoms with E-state index >= 15 is 0 Å². The molecule has 1 aliphatic rings. The summed E-state index contributed by atoms with van der Waals surface area (Å²) >= 11 is 24.4. The summed E-state index contributed by atoms with van der Waals surface area (Å²) in [7, 11) is 0. The molecule has 3 heterocycles. The van der Waals surface area contributed by atoms with Crippen LogP contribution in [0.4, 0.5) is 5.69 Å². The van der Waals surface area contributed by atoms with E-state index in [0.29, 0.717) is 43.0 Å². The molecule has 0 saturated carbocycles. The second-order valence-electron chi connectivity index (χ2n) is 7.46. The molecule has 2 aromatic carbocycles. The number of rotatable bonds is 4. The number of furan rings is 1. The lowest BCUT2D eigenvalue weighted by atomic mass is 10.0. The van der Waals surface area contributed by atoms with Gasteiger partial charge in [-0.2, -0.15) is 0 Å². The van der Waals surface area contributed by atoms with E-state index in [9.17, 15) is 5.11 Å². The van der Waals surface area contributed by atoms with Crippen LogP contribution < -0.4 is 10.2 Å². The second-order valence-corrected chi connectivity index (χ2v) is 9.12. The molecular weight excluding hydrogens is 501 g/mol. The Labute approximate surface area is 210 Å². The number of aromatic hydroxyl groups is 1. The van der Waals surface area contributed by atoms with Gasteiger partial charge in [-0.1, -0.05) is 40.9 Å². The van der Waals surface area contributed by atoms with Crippen LogP contribution in [0.2, 0.25) is 15.1 Å². The molecule has 4 aromatic rings. The minimum atomic E-state index is -0.448. The fourth-order valence-electron chi connectivity index (χ4n) is 3.94. The molecule has 1 aliphatic heterocycles. The van der Waals surface area contributed by atoms with E-state index in [1.165, 1.54) is 6.07 Å². The SMILES string of the molecule is Oc1ccc(Cl)cc1N1C(=S)N[C@@H](c2ccccn2)[C@@H]1c1ccc(-c2ccc(Cl)cc2Cl)o1. The molecule has 2 N–H and O–H groups in total. The van der Waals surface area contributed by atoms with Crippen LogP contribution >= 0.6 is 47.0 Å². The first-order chi connectivity index (χ1) is 15.9. The van der Waals surface area contributed by atoms with Crippen molar-refractivity contribution < 1.29 is 9.52 Å². The number of hydrogen-bond acceptors (Lipinski definition) is 4. The average molecular weight is 517 g/mol. The summed E-state index contributed by atoms with van der Waals surface area (Å²) in [5.74, 6) is 1.24. The van der Waals surface area contributed by atoms with Gasteiger partial charge in [0.25, 0.3) is 0 Å². The van der Waals surface area contributed by atoms with Crippen LogP contribution in [-0.2, 0) is 0 Å². The van der Waals surface area contributed by atoms with Crippen molar-refractivity contribution in [3.8, 4) is 17.1 Å². The van der Waals surface area contributed by atoms with Crippen LogP contribution in [0.5, 0.6) is 5.75 Å². The van der Waals surface area contributed by atoms with Crippen LogP contribution in [0.25, 0.3) is 11.3 Å². The predicted molar refractivity (Wildman–Crippen MR) is 135 cm³/mol. The van der Waals surface area contributed by atoms with Crippen molar-refractivity contribution in [3.05, 3.63) is 99.4 Å². The van der Waals surface area contributed by atoms with Crippen LogP contribution in [0.1, 0.15) is 23.5 Å². The Hall–Kier alpha value is -2.77. The van der Waals surface area contributed by atoms with E-state index in [-0.39, 0.29) is 11.8 Å². The summed E-state index contributed by atoms with van der Waals surface area (Å²) in [5, 5.41) is 15.8. The lowest BCUT2D eigenvalue weighted by molar-refractivity contribution is 0.434. The van der Waals surface area contributed by atoms with Gasteiger partial charge in [-0.25, -0.2) is 0 Å². The fraction of sp³-hybridized carbons (Fsp3) is 0.0833. The van der Waals surface area contributed by atoms with Gasteiger partial charge in [-0.3, -0.25) is 4.98 Å². The highest BCUT2D eigenvalue weighted by atomic mass is 35.5. The van der Waals surface area contributed by atoms with E-state index < -0.39 is 6.04 Å². The molecule has 0 radical (unpaired) electrons. The van der Waals surface area contributed by atoms with Gasteiger partial charge >= 0.3 is 0 Å². The number of thiocarbonyl (C=S) groups is 1. The number of phenols is 1. The first kappa shape index (κ1) is 22.0. The number of anilines is 1. The van der Waals surface area contributed by atoms with Crippen LogP contribution in [0.3, 0.4) is 0 Å². The lowest BCUT2D eigenvalue weighted by Gasteiger charge is -2.26. The molecule has 1 saturated heterocycles. The third-order valence-corrected chi connectivity index (χ3v) is 6.51. The third-order valence-electron chi connectivity index (χ3n) is 5.41. The zero-order valence-electron chi connectivity index (χ0n) is 16.9. The Morgan fingerprint density at radius 3 is 2.52 bits per heavy atom. The number of phenolic OH excluding ortho intramolecular Hbond substituents is 1. The summed E-state index contributed by atoms with van der Waals surface area (Å²) in [6.07, 6.45) is 1.72. The first-order valence-electron chi connectivity index (χ1n) is 9.96. The normalized spacial score (nSPS) is 17.9. The number of aromatic nitrogens is 1. The molecule has 2 aromatic heterocycles. The van der Waals surface area contributed by atoms with Crippen molar-refractivity contribution in [1.29, 1.82) is 0 Å². The van der Waals surface area contributed by atoms with Crippen molar-refractivity contribution in [1.82, 2.24) is 10.3 Å². The highest BCUT2D eigenvalue weighted by Crippen LogP contribution is 2.46. The topological polar surface area (TPSA) is 61.5 Å². The fourth-order valence-corrected chi connectivity index (χ4v) is 4.95. The maximum absolute atomic E-state index is 10.6. The Balaban J connectivity index is 1.63. The Bertz CT molecular complexity index is 1350. The largest absolute Gasteiger partial charge is 0.506 e. The lowest BCUT2D eigenvalue weighted by Crippen LogP contribution is -2.29. The van der Waals surface area contributed by atoms with E-state index in [2.05, 4.69) is 10.3 Å². The van der Waals surface area contributed by atoms with Gasteiger partial charge in [0.15, 0.2) is 5.11 Å². The molecule has 0 aliphatic carbocycles. The zero-order chi connectivity index (χ0) is 23.1.